The molecule has 0 aromatic heterocycles. The van der Waals surface area contributed by atoms with Crippen molar-refractivity contribution in [1.82, 2.24) is 0 Å². The summed E-state index contributed by atoms with van der Waals surface area (Å²) in [5.41, 5.74) is -0.658. The number of halogens is 2. The zero-order valence-corrected chi connectivity index (χ0v) is 15.8. The fourth-order valence-electron chi connectivity index (χ4n) is 2.71. The predicted molar refractivity (Wildman–Crippen MR) is 96.3 cm³/mol. The maximum atomic E-state index is 12.5. The number of fused-ring (bicyclic) bond motifs is 1. The summed E-state index contributed by atoms with van der Waals surface area (Å²) in [5.74, 6) is -0.321. The zero-order chi connectivity index (χ0) is 17.5. The lowest BCUT2D eigenvalue weighted by atomic mass is 9.88. The highest BCUT2D eigenvalue weighted by atomic mass is 79.9. The van der Waals surface area contributed by atoms with Gasteiger partial charge in [0.25, 0.3) is 5.91 Å². The van der Waals surface area contributed by atoms with Crippen LogP contribution in [0.2, 0.25) is 0 Å². The Labute approximate surface area is 155 Å². The van der Waals surface area contributed by atoms with Crippen molar-refractivity contribution in [2.45, 2.75) is 12.0 Å². The van der Waals surface area contributed by atoms with Crippen LogP contribution in [0, 0.1) is 0 Å². The Morgan fingerprint density at radius 3 is 2.54 bits per heavy atom. The number of ketones is 1. The Balaban J connectivity index is 1.94. The number of hydrogen-bond donors (Lipinski definition) is 2. The minimum absolute atomic E-state index is 0.335. The third-order valence-electron chi connectivity index (χ3n) is 3.92. The van der Waals surface area contributed by atoms with Gasteiger partial charge in [0.05, 0.1) is 13.5 Å². The lowest BCUT2D eigenvalue weighted by Crippen LogP contribution is -2.36. The van der Waals surface area contributed by atoms with Crippen LogP contribution >= 0.6 is 31.9 Å². The summed E-state index contributed by atoms with van der Waals surface area (Å²) >= 11 is 6.69. The molecule has 1 unspecified atom stereocenters. The van der Waals surface area contributed by atoms with Gasteiger partial charge in [-0.15, -0.1) is 0 Å². The Morgan fingerprint density at radius 1 is 1.25 bits per heavy atom. The predicted octanol–water partition coefficient (Wildman–Crippen LogP) is 3.63. The largest absolute Gasteiger partial charge is 0.497 e. The van der Waals surface area contributed by atoms with Gasteiger partial charge in [-0.2, -0.15) is 0 Å². The van der Waals surface area contributed by atoms with E-state index >= 15 is 0 Å². The Morgan fingerprint density at radius 2 is 1.92 bits per heavy atom. The van der Waals surface area contributed by atoms with E-state index in [2.05, 4.69) is 37.2 Å². The second-order valence-electron chi connectivity index (χ2n) is 5.45. The highest BCUT2D eigenvalue weighted by Gasteiger charge is 2.48. The lowest BCUT2D eigenvalue weighted by molar-refractivity contribution is -0.133. The molecule has 0 saturated carbocycles. The van der Waals surface area contributed by atoms with Crippen LogP contribution in [0.15, 0.2) is 45.3 Å². The second kappa shape index (κ2) is 6.31. The minimum Gasteiger partial charge on any atom is -0.497 e. The van der Waals surface area contributed by atoms with Crippen molar-refractivity contribution in [2.75, 3.05) is 12.4 Å². The summed E-state index contributed by atoms with van der Waals surface area (Å²) in [6.45, 7) is 0. The first-order chi connectivity index (χ1) is 11.3. The number of carbonyl (C=O) groups excluding carboxylic acids is 2. The van der Waals surface area contributed by atoms with Crippen molar-refractivity contribution in [3.05, 3.63) is 56.5 Å². The molecule has 7 heteroatoms. The molecule has 1 amide bonds. The van der Waals surface area contributed by atoms with Crippen molar-refractivity contribution >= 4 is 49.2 Å². The van der Waals surface area contributed by atoms with Crippen LogP contribution in [0.4, 0.5) is 5.69 Å². The third-order valence-corrected chi connectivity index (χ3v) is 5.00. The van der Waals surface area contributed by atoms with Gasteiger partial charge in [0.15, 0.2) is 11.4 Å². The molecular weight excluding hydrogens is 442 g/mol. The van der Waals surface area contributed by atoms with Gasteiger partial charge in [0.2, 0.25) is 0 Å². The van der Waals surface area contributed by atoms with Gasteiger partial charge in [-0.1, -0.05) is 31.9 Å². The number of hydrogen-bond acceptors (Lipinski definition) is 4. The van der Waals surface area contributed by atoms with Gasteiger partial charge in [0.1, 0.15) is 5.75 Å². The Kier molecular flexibility index (Phi) is 4.50. The van der Waals surface area contributed by atoms with E-state index in [1.165, 1.54) is 7.11 Å². The maximum absolute atomic E-state index is 12.5. The van der Waals surface area contributed by atoms with Gasteiger partial charge in [-0.3, -0.25) is 9.59 Å². The van der Waals surface area contributed by atoms with Gasteiger partial charge < -0.3 is 15.2 Å². The molecule has 2 N–H and O–H groups in total. The maximum Gasteiger partial charge on any atom is 0.261 e. The number of rotatable bonds is 4. The molecule has 3 rings (SSSR count). The van der Waals surface area contributed by atoms with E-state index in [4.69, 9.17) is 4.74 Å². The molecule has 1 atom stereocenters. The number of benzene rings is 2. The molecule has 0 aliphatic carbocycles. The van der Waals surface area contributed by atoms with Crippen LogP contribution in [0.25, 0.3) is 0 Å². The van der Waals surface area contributed by atoms with Crippen molar-refractivity contribution in [3.8, 4) is 5.75 Å². The van der Waals surface area contributed by atoms with E-state index in [0.717, 1.165) is 4.47 Å². The van der Waals surface area contributed by atoms with Crippen LogP contribution in [0.1, 0.15) is 22.3 Å². The number of methoxy groups -OCH3 is 1. The molecule has 24 heavy (non-hydrogen) atoms. The van der Waals surface area contributed by atoms with E-state index in [9.17, 15) is 14.7 Å². The van der Waals surface area contributed by atoms with Crippen molar-refractivity contribution in [3.63, 3.8) is 0 Å². The number of ether oxygens (including phenoxy) is 1. The molecule has 0 radical (unpaired) electrons. The van der Waals surface area contributed by atoms with Crippen LogP contribution in [-0.4, -0.2) is 23.9 Å². The number of carbonyl (C=O) groups is 2. The Hall–Kier alpha value is -1.70. The van der Waals surface area contributed by atoms with Gasteiger partial charge >= 0.3 is 0 Å². The van der Waals surface area contributed by atoms with Crippen LogP contribution < -0.4 is 10.1 Å². The summed E-state index contributed by atoms with van der Waals surface area (Å²) in [6, 6.07) is 9.94. The molecule has 2 aromatic rings. The van der Waals surface area contributed by atoms with Gasteiger partial charge in [0, 0.05) is 25.8 Å². The van der Waals surface area contributed by atoms with E-state index in [1.54, 1.807) is 36.4 Å². The minimum atomic E-state index is -1.91. The molecule has 1 heterocycles. The summed E-state index contributed by atoms with van der Waals surface area (Å²) in [5, 5.41) is 13.5. The molecular formula is C17H13Br2NO4. The van der Waals surface area contributed by atoms with Crippen LogP contribution in [-0.2, 0) is 10.4 Å². The zero-order valence-electron chi connectivity index (χ0n) is 12.6. The highest BCUT2D eigenvalue weighted by Crippen LogP contribution is 2.44. The fraction of sp³-hybridized carbons (Fsp3) is 0.176. The first-order valence-electron chi connectivity index (χ1n) is 7.06. The molecule has 0 fully saturated rings. The second-order valence-corrected chi connectivity index (χ2v) is 7.22. The molecule has 124 valence electrons. The van der Waals surface area contributed by atoms with E-state index in [0.29, 0.717) is 27.0 Å². The quantitative estimate of drug-likeness (QED) is 0.691. The molecule has 1 aliphatic rings. The topological polar surface area (TPSA) is 75.6 Å². The average molecular weight is 455 g/mol. The van der Waals surface area contributed by atoms with E-state index in [1.807, 2.05) is 0 Å². The van der Waals surface area contributed by atoms with Crippen LogP contribution in [0.3, 0.4) is 0 Å². The van der Waals surface area contributed by atoms with E-state index in [-0.39, 0.29) is 12.2 Å². The molecule has 5 nitrogen and oxygen atoms in total. The van der Waals surface area contributed by atoms with Crippen molar-refractivity contribution < 1.29 is 19.4 Å². The van der Waals surface area contributed by atoms with Crippen molar-refractivity contribution in [1.29, 1.82) is 0 Å². The summed E-state index contributed by atoms with van der Waals surface area (Å²) in [7, 11) is 1.54. The monoisotopic (exact) mass is 453 g/mol. The number of amides is 1. The lowest BCUT2D eigenvalue weighted by Gasteiger charge is -2.21. The normalized spacial score (nSPS) is 18.9. The van der Waals surface area contributed by atoms with Crippen molar-refractivity contribution in [2.24, 2.45) is 0 Å². The van der Waals surface area contributed by atoms with E-state index < -0.39 is 11.5 Å². The summed E-state index contributed by atoms with van der Waals surface area (Å²) < 4.78 is 6.36. The number of nitrogens with one attached hydrogen (secondary N) is 1. The molecule has 0 saturated heterocycles. The smallest absolute Gasteiger partial charge is 0.261 e. The number of anilines is 1. The number of aliphatic hydroxyl groups is 1. The molecule has 1 aliphatic heterocycles. The van der Waals surface area contributed by atoms with Crippen LogP contribution in [0.5, 0.6) is 5.75 Å². The Bertz CT molecular complexity index is 835. The summed E-state index contributed by atoms with van der Waals surface area (Å²) in [6.07, 6.45) is -0.349. The molecule has 0 bridgehead atoms. The third kappa shape index (κ3) is 2.87. The fourth-order valence-corrected chi connectivity index (χ4v) is 4.26. The highest BCUT2D eigenvalue weighted by molar-refractivity contribution is 9.11. The molecule has 0 spiro atoms. The first kappa shape index (κ1) is 17.1. The van der Waals surface area contributed by atoms with Gasteiger partial charge in [-0.25, -0.2) is 0 Å². The molecule has 2 aromatic carbocycles. The first-order valence-corrected chi connectivity index (χ1v) is 8.64. The number of Topliss-reactive ketones (excluding diaryl/α,β-unsaturated/α-hetero) is 1. The summed E-state index contributed by atoms with van der Waals surface area (Å²) in [4.78, 5) is 24.8. The standard InChI is InChI=1S/C17H13Br2NO4/c1-24-11-4-2-9(3-5-11)14(21)8-17(23)15-12(19)6-10(18)7-13(15)20-16(17)22/h2-7,23H,8H2,1H3,(H,20,22). The van der Waals surface area contributed by atoms with Gasteiger partial charge in [-0.05, 0) is 36.4 Å². The average Bonchev–Trinajstić information content (AvgIpc) is 2.77. The SMILES string of the molecule is COc1ccc(C(=O)CC2(O)C(=O)Nc3cc(Br)cc(Br)c32)cc1.